The fourth-order valence-corrected chi connectivity index (χ4v) is 5.20. The lowest BCUT2D eigenvalue weighted by Gasteiger charge is -2.40. The summed E-state index contributed by atoms with van der Waals surface area (Å²) in [6.07, 6.45) is 11.5. The number of nitrogens with zero attached hydrogens (tertiary/aromatic N) is 4. The highest BCUT2D eigenvalue weighted by Crippen LogP contribution is 2.24. The molecule has 1 aliphatic heterocycles. The number of piperazine rings is 1. The third kappa shape index (κ3) is 5.62. The van der Waals surface area contributed by atoms with Crippen LogP contribution in [0.25, 0.3) is 10.6 Å². The van der Waals surface area contributed by atoms with Gasteiger partial charge in [0.1, 0.15) is 10.7 Å². The Bertz CT molecular complexity index is 767. The zero-order valence-electron chi connectivity index (χ0n) is 17.1. The SMILES string of the molecule is O=C(NCCCN1CCN(C2CCCCC2)CC1)c1csc(-c2ccncc2)n1. The molecule has 7 heteroatoms. The third-order valence-electron chi connectivity index (χ3n) is 6.10. The van der Waals surface area contributed by atoms with Crippen molar-refractivity contribution in [3.63, 3.8) is 0 Å². The van der Waals surface area contributed by atoms with E-state index in [1.165, 1.54) is 56.5 Å². The number of carbonyl (C=O) groups excluding carboxylic acids is 1. The Labute approximate surface area is 177 Å². The molecule has 1 aliphatic carbocycles. The molecule has 4 rings (SSSR count). The lowest BCUT2D eigenvalue weighted by molar-refractivity contribution is 0.0779. The number of hydrogen-bond acceptors (Lipinski definition) is 6. The molecule has 0 aromatic carbocycles. The predicted octanol–water partition coefficient (Wildman–Crippen LogP) is 3.28. The molecule has 1 saturated carbocycles. The van der Waals surface area contributed by atoms with Crippen LogP contribution in [0.15, 0.2) is 29.9 Å². The Morgan fingerprint density at radius 1 is 1.10 bits per heavy atom. The molecule has 1 saturated heterocycles. The lowest BCUT2D eigenvalue weighted by Crippen LogP contribution is -2.51. The topological polar surface area (TPSA) is 61.4 Å². The summed E-state index contributed by atoms with van der Waals surface area (Å²) >= 11 is 1.49. The van der Waals surface area contributed by atoms with Crippen LogP contribution in [0.1, 0.15) is 49.0 Å². The minimum atomic E-state index is -0.0799. The second-order valence-electron chi connectivity index (χ2n) is 8.05. The molecule has 2 fully saturated rings. The summed E-state index contributed by atoms with van der Waals surface area (Å²) in [4.78, 5) is 26.1. The van der Waals surface area contributed by atoms with Gasteiger partial charge in [-0.2, -0.15) is 0 Å². The normalized spacial score (nSPS) is 19.3. The van der Waals surface area contributed by atoms with E-state index in [-0.39, 0.29) is 5.91 Å². The van der Waals surface area contributed by atoms with Crippen LogP contribution in [0.5, 0.6) is 0 Å². The molecule has 3 heterocycles. The van der Waals surface area contributed by atoms with Crippen LogP contribution in [-0.4, -0.2) is 71.0 Å². The van der Waals surface area contributed by atoms with Gasteiger partial charge in [-0.05, 0) is 37.9 Å². The second-order valence-corrected chi connectivity index (χ2v) is 8.91. The molecule has 2 aliphatic rings. The molecular formula is C22H31N5OS. The number of carbonyl (C=O) groups is 1. The molecule has 0 spiro atoms. The van der Waals surface area contributed by atoms with Crippen molar-refractivity contribution in [2.24, 2.45) is 0 Å². The smallest absolute Gasteiger partial charge is 0.270 e. The van der Waals surface area contributed by atoms with E-state index < -0.39 is 0 Å². The van der Waals surface area contributed by atoms with Crippen molar-refractivity contribution in [2.45, 2.75) is 44.6 Å². The van der Waals surface area contributed by atoms with Gasteiger partial charge in [-0.15, -0.1) is 11.3 Å². The maximum absolute atomic E-state index is 12.4. The lowest BCUT2D eigenvalue weighted by atomic mass is 9.94. The maximum atomic E-state index is 12.4. The largest absolute Gasteiger partial charge is 0.351 e. The minimum Gasteiger partial charge on any atom is -0.351 e. The Morgan fingerprint density at radius 3 is 2.62 bits per heavy atom. The average Bonchev–Trinajstić information content (AvgIpc) is 3.29. The van der Waals surface area contributed by atoms with Crippen LogP contribution in [0.2, 0.25) is 0 Å². The second kappa shape index (κ2) is 10.3. The number of aromatic nitrogens is 2. The van der Waals surface area contributed by atoms with Gasteiger partial charge in [0.15, 0.2) is 0 Å². The average molecular weight is 414 g/mol. The summed E-state index contributed by atoms with van der Waals surface area (Å²) in [5.41, 5.74) is 1.50. The van der Waals surface area contributed by atoms with Crippen molar-refractivity contribution in [1.82, 2.24) is 25.1 Å². The molecule has 156 valence electrons. The van der Waals surface area contributed by atoms with Crippen molar-refractivity contribution in [1.29, 1.82) is 0 Å². The Hall–Kier alpha value is -1.83. The monoisotopic (exact) mass is 413 g/mol. The zero-order valence-corrected chi connectivity index (χ0v) is 17.9. The quantitative estimate of drug-likeness (QED) is 0.706. The van der Waals surface area contributed by atoms with Crippen LogP contribution in [-0.2, 0) is 0 Å². The highest BCUT2D eigenvalue weighted by Gasteiger charge is 2.24. The van der Waals surface area contributed by atoms with Gasteiger partial charge in [0.05, 0.1) is 0 Å². The number of nitrogens with one attached hydrogen (secondary N) is 1. The van der Waals surface area contributed by atoms with Crippen LogP contribution in [0.3, 0.4) is 0 Å². The van der Waals surface area contributed by atoms with Gasteiger partial charge in [-0.3, -0.25) is 14.7 Å². The molecule has 29 heavy (non-hydrogen) atoms. The first-order valence-electron chi connectivity index (χ1n) is 10.9. The molecular weight excluding hydrogens is 382 g/mol. The van der Waals surface area contributed by atoms with Crippen molar-refractivity contribution < 1.29 is 4.79 Å². The van der Waals surface area contributed by atoms with E-state index in [0.29, 0.717) is 12.2 Å². The first-order valence-corrected chi connectivity index (χ1v) is 11.8. The Morgan fingerprint density at radius 2 is 1.86 bits per heavy atom. The Balaban J connectivity index is 1.14. The summed E-state index contributed by atoms with van der Waals surface area (Å²) in [5.74, 6) is -0.0799. The summed E-state index contributed by atoms with van der Waals surface area (Å²) in [5, 5.41) is 5.70. The molecule has 0 bridgehead atoms. The highest BCUT2D eigenvalue weighted by atomic mass is 32.1. The van der Waals surface area contributed by atoms with Gasteiger partial charge in [0, 0.05) is 62.1 Å². The van der Waals surface area contributed by atoms with E-state index in [4.69, 9.17) is 0 Å². The zero-order chi connectivity index (χ0) is 19.9. The molecule has 6 nitrogen and oxygen atoms in total. The third-order valence-corrected chi connectivity index (χ3v) is 6.99. The standard InChI is InChI=1S/C22H31N5OS/c28-21(20-17-29-22(25-20)18-7-10-23-11-8-18)24-9-4-12-26-13-15-27(16-14-26)19-5-2-1-3-6-19/h7-8,10-11,17,19H,1-6,9,12-16H2,(H,24,28). The Kier molecular flexibility index (Phi) is 7.24. The van der Waals surface area contributed by atoms with E-state index in [1.54, 1.807) is 12.4 Å². The summed E-state index contributed by atoms with van der Waals surface area (Å²) in [6, 6.07) is 4.66. The van der Waals surface area contributed by atoms with Crippen molar-refractivity contribution >= 4 is 17.2 Å². The van der Waals surface area contributed by atoms with Crippen molar-refractivity contribution in [3.05, 3.63) is 35.6 Å². The molecule has 1 amide bonds. The first-order chi connectivity index (χ1) is 14.3. The summed E-state index contributed by atoms with van der Waals surface area (Å²) < 4.78 is 0. The highest BCUT2D eigenvalue weighted by molar-refractivity contribution is 7.13. The number of rotatable bonds is 7. The molecule has 0 radical (unpaired) electrons. The fourth-order valence-electron chi connectivity index (χ4n) is 4.40. The number of thiazole rings is 1. The van der Waals surface area contributed by atoms with E-state index in [0.717, 1.165) is 42.7 Å². The van der Waals surface area contributed by atoms with Gasteiger partial charge >= 0.3 is 0 Å². The van der Waals surface area contributed by atoms with E-state index in [1.807, 2.05) is 17.5 Å². The van der Waals surface area contributed by atoms with Gasteiger partial charge < -0.3 is 10.2 Å². The van der Waals surface area contributed by atoms with E-state index in [9.17, 15) is 4.79 Å². The molecule has 1 N–H and O–H groups in total. The molecule has 2 aromatic heterocycles. The first kappa shape index (κ1) is 20.4. The van der Waals surface area contributed by atoms with Crippen LogP contribution < -0.4 is 5.32 Å². The van der Waals surface area contributed by atoms with Gasteiger partial charge in [-0.25, -0.2) is 4.98 Å². The minimum absolute atomic E-state index is 0.0799. The van der Waals surface area contributed by atoms with Crippen LogP contribution in [0.4, 0.5) is 0 Å². The van der Waals surface area contributed by atoms with Crippen LogP contribution in [0, 0.1) is 0 Å². The van der Waals surface area contributed by atoms with E-state index in [2.05, 4.69) is 25.1 Å². The molecule has 0 unspecified atom stereocenters. The maximum Gasteiger partial charge on any atom is 0.270 e. The molecule has 0 atom stereocenters. The molecule has 2 aromatic rings. The summed E-state index contributed by atoms with van der Waals surface area (Å²) in [6.45, 7) is 6.47. The summed E-state index contributed by atoms with van der Waals surface area (Å²) in [7, 11) is 0. The van der Waals surface area contributed by atoms with Gasteiger partial charge in [0.2, 0.25) is 0 Å². The number of pyridine rings is 1. The van der Waals surface area contributed by atoms with Crippen molar-refractivity contribution in [2.75, 3.05) is 39.3 Å². The van der Waals surface area contributed by atoms with Gasteiger partial charge in [0.25, 0.3) is 5.91 Å². The number of hydrogen-bond donors (Lipinski definition) is 1. The number of amides is 1. The van der Waals surface area contributed by atoms with Gasteiger partial charge in [-0.1, -0.05) is 19.3 Å². The van der Waals surface area contributed by atoms with Crippen molar-refractivity contribution in [3.8, 4) is 10.6 Å². The van der Waals surface area contributed by atoms with Crippen LogP contribution >= 0.6 is 11.3 Å². The predicted molar refractivity (Wildman–Crippen MR) is 117 cm³/mol. The fraction of sp³-hybridized carbons (Fsp3) is 0.591. The van der Waals surface area contributed by atoms with E-state index >= 15 is 0 Å².